The van der Waals surface area contributed by atoms with Gasteiger partial charge in [0, 0.05) is 13.0 Å². The van der Waals surface area contributed by atoms with Crippen LogP contribution in [-0.2, 0) is 14.0 Å². The van der Waals surface area contributed by atoms with Crippen LogP contribution in [0.25, 0.3) is 0 Å². The van der Waals surface area contributed by atoms with E-state index >= 15 is 0 Å². The lowest BCUT2D eigenvalue weighted by Gasteiger charge is -2.47. The van der Waals surface area contributed by atoms with Crippen molar-refractivity contribution >= 4 is 20.4 Å². The minimum atomic E-state index is -2.02. The van der Waals surface area contributed by atoms with Crippen LogP contribution in [0.3, 0.4) is 0 Å². The Balaban J connectivity index is 3.16. The number of ether oxygens (including phenoxy) is 1. The molecule has 1 rings (SSSR count). The minimum Gasteiger partial charge on any atom is -0.466 e. The average Bonchev–Trinajstić information content (AvgIpc) is 2.83. The maximum Gasteiger partial charge on any atom is 0.407 e. The molecule has 6 nitrogen and oxygen atoms in total. The predicted octanol–water partition coefficient (Wildman–Crippen LogP) is 4.89. The zero-order chi connectivity index (χ0) is 21.3. The molecule has 0 aliphatic carbocycles. The lowest BCUT2D eigenvalue weighted by atomic mass is 9.69. The van der Waals surface area contributed by atoms with Crippen molar-refractivity contribution in [1.29, 1.82) is 0 Å². The molecule has 1 saturated heterocycles. The van der Waals surface area contributed by atoms with E-state index in [4.69, 9.17) is 9.16 Å². The summed E-state index contributed by atoms with van der Waals surface area (Å²) >= 11 is 0. The summed E-state index contributed by atoms with van der Waals surface area (Å²) in [5, 5.41) is 9.98. The molecule has 0 spiro atoms. The Morgan fingerprint density at radius 3 is 2.15 bits per heavy atom. The predicted molar refractivity (Wildman–Crippen MR) is 109 cm³/mol. The molecule has 27 heavy (non-hydrogen) atoms. The molecule has 1 aliphatic rings. The summed E-state index contributed by atoms with van der Waals surface area (Å²) in [6.45, 7) is 19.5. The number of nitrogens with zero attached hydrogens (tertiary/aromatic N) is 1. The number of hydrogen-bond acceptors (Lipinski definition) is 4. The van der Waals surface area contributed by atoms with Crippen LogP contribution in [0.2, 0.25) is 18.1 Å². The van der Waals surface area contributed by atoms with Crippen LogP contribution in [0, 0.1) is 5.41 Å². The van der Waals surface area contributed by atoms with Crippen LogP contribution in [0.5, 0.6) is 0 Å². The van der Waals surface area contributed by atoms with E-state index in [-0.39, 0.29) is 28.9 Å². The standard InChI is InChI=1S/C20H39NO5Si/c1-10-25-16(22)11-12-20(18(2,3)4)13-15(14-21(20)17(23)24)26-27(8,9)19(5,6)7/h15H,10-14H2,1-9H3,(H,23,24)/t15-,20-/m1/s1. The molecular formula is C20H39NO5Si. The quantitative estimate of drug-likeness (QED) is 0.506. The number of likely N-dealkylation sites (tertiary alicyclic amines) is 1. The fourth-order valence-electron chi connectivity index (χ4n) is 3.73. The van der Waals surface area contributed by atoms with E-state index in [2.05, 4.69) is 33.9 Å². The number of esters is 1. The second kappa shape index (κ2) is 8.11. The molecule has 7 heteroatoms. The number of hydrogen-bond donors (Lipinski definition) is 1. The first-order chi connectivity index (χ1) is 12.1. The highest BCUT2D eigenvalue weighted by atomic mass is 28.4. The normalized spacial score (nSPS) is 24.2. The summed E-state index contributed by atoms with van der Waals surface area (Å²) in [6.07, 6.45) is 0.161. The van der Waals surface area contributed by atoms with Crippen molar-refractivity contribution in [3.05, 3.63) is 0 Å². The molecule has 0 aromatic heterocycles. The molecule has 2 atom stereocenters. The highest BCUT2D eigenvalue weighted by Crippen LogP contribution is 2.49. The Labute approximate surface area is 165 Å². The van der Waals surface area contributed by atoms with Crippen LogP contribution in [0.15, 0.2) is 0 Å². The van der Waals surface area contributed by atoms with Gasteiger partial charge in [0.2, 0.25) is 0 Å². The summed E-state index contributed by atoms with van der Waals surface area (Å²) in [5.41, 5.74) is -0.984. The van der Waals surface area contributed by atoms with Crippen LogP contribution in [0.4, 0.5) is 4.79 Å². The van der Waals surface area contributed by atoms with Crippen molar-refractivity contribution < 1.29 is 23.9 Å². The van der Waals surface area contributed by atoms with Gasteiger partial charge in [0.05, 0.1) is 18.2 Å². The number of amides is 1. The lowest BCUT2D eigenvalue weighted by Crippen LogP contribution is -2.55. The van der Waals surface area contributed by atoms with Crippen molar-refractivity contribution in [2.24, 2.45) is 5.41 Å². The first-order valence-corrected chi connectivity index (χ1v) is 12.8. The monoisotopic (exact) mass is 401 g/mol. The molecule has 1 fully saturated rings. The van der Waals surface area contributed by atoms with Gasteiger partial charge in [-0.05, 0) is 43.3 Å². The van der Waals surface area contributed by atoms with E-state index < -0.39 is 19.9 Å². The Kier molecular flexibility index (Phi) is 7.20. The number of carbonyl (C=O) groups is 2. The van der Waals surface area contributed by atoms with Gasteiger partial charge in [-0.25, -0.2) is 4.79 Å². The highest BCUT2D eigenvalue weighted by Gasteiger charge is 2.56. The number of carbonyl (C=O) groups excluding carboxylic acids is 1. The average molecular weight is 402 g/mol. The number of carboxylic acid groups (broad SMARTS) is 1. The summed E-state index contributed by atoms with van der Waals surface area (Å²) < 4.78 is 11.6. The van der Waals surface area contributed by atoms with Crippen LogP contribution >= 0.6 is 0 Å². The molecule has 0 bridgehead atoms. The van der Waals surface area contributed by atoms with Crippen LogP contribution in [0.1, 0.15) is 67.7 Å². The van der Waals surface area contributed by atoms with E-state index in [0.29, 0.717) is 26.0 Å². The molecule has 0 saturated carbocycles. The molecule has 0 radical (unpaired) electrons. The maximum atomic E-state index is 12.1. The molecule has 1 N–H and O–H groups in total. The summed E-state index contributed by atoms with van der Waals surface area (Å²) in [5.74, 6) is -0.278. The third kappa shape index (κ3) is 5.25. The van der Waals surface area contributed by atoms with Crippen molar-refractivity contribution in [3.8, 4) is 0 Å². The zero-order valence-corrected chi connectivity index (χ0v) is 19.6. The molecule has 1 heterocycles. The van der Waals surface area contributed by atoms with Gasteiger partial charge >= 0.3 is 12.1 Å². The van der Waals surface area contributed by atoms with Gasteiger partial charge in [-0.15, -0.1) is 0 Å². The second-order valence-electron chi connectivity index (χ2n) is 10.2. The Bertz CT molecular complexity index is 550. The van der Waals surface area contributed by atoms with E-state index in [1.54, 1.807) is 6.92 Å². The van der Waals surface area contributed by atoms with Gasteiger partial charge < -0.3 is 14.3 Å². The fourth-order valence-corrected chi connectivity index (χ4v) is 5.07. The van der Waals surface area contributed by atoms with Gasteiger partial charge in [0.1, 0.15) is 0 Å². The fraction of sp³-hybridized carbons (Fsp3) is 0.900. The Hall–Kier alpha value is -1.08. The Morgan fingerprint density at radius 2 is 1.74 bits per heavy atom. The van der Waals surface area contributed by atoms with Crippen molar-refractivity contribution in [2.45, 2.75) is 97.5 Å². The Morgan fingerprint density at radius 1 is 1.19 bits per heavy atom. The van der Waals surface area contributed by atoms with Crippen molar-refractivity contribution in [2.75, 3.05) is 13.2 Å². The first kappa shape index (κ1) is 24.0. The topological polar surface area (TPSA) is 76.1 Å². The largest absolute Gasteiger partial charge is 0.466 e. The zero-order valence-electron chi connectivity index (χ0n) is 18.6. The van der Waals surface area contributed by atoms with Gasteiger partial charge in [-0.1, -0.05) is 41.5 Å². The molecule has 0 aromatic rings. The number of rotatable bonds is 6. The van der Waals surface area contributed by atoms with Crippen LogP contribution in [-0.4, -0.2) is 55.2 Å². The molecule has 1 amide bonds. The molecule has 0 aromatic carbocycles. The second-order valence-corrected chi connectivity index (χ2v) is 14.9. The maximum absolute atomic E-state index is 12.1. The van der Waals surface area contributed by atoms with E-state index in [0.717, 1.165) is 0 Å². The summed E-state index contributed by atoms with van der Waals surface area (Å²) in [4.78, 5) is 25.6. The van der Waals surface area contributed by atoms with E-state index in [1.807, 2.05) is 20.8 Å². The minimum absolute atomic E-state index is 0.0545. The SMILES string of the molecule is CCOC(=O)CC[C@]1(C(C)(C)C)C[C@@H](O[Si](C)(C)C(C)(C)C)CN1C(=O)O. The summed E-state index contributed by atoms with van der Waals surface area (Å²) in [7, 11) is -2.02. The first-order valence-electron chi connectivity index (χ1n) is 9.91. The molecular weight excluding hydrogens is 362 g/mol. The van der Waals surface area contributed by atoms with Gasteiger partial charge in [-0.3, -0.25) is 9.69 Å². The van der Waals surface area contributed by atoms with Crippen molar-refractivity contribution in [3.63, 3.8) is 0 Å². The third-order valence-corrected chi connectivity index (χ3v) is 10.9. The molecule has 1 aliphatic heterocycles. The highest BCUT2D eigenvalue weighted by molar-refractivity contribution is 6.74. The molecule has 158 valence electrons. The van der Waals surface area contributed by atoms with E-state index in [9.17, 15) is 14.7 Å². The van der Waals surface area contributed by atoms with Crippen LogP contribution < -0.4 is 0 Å². The van der Waals surface area contributed by atoms with Crippen molar-refractivity contribution in [1.82, 2.24) is 4.90 Å². The van der Waals surface area contributed by atoms with Gasteiger partial charge in [0.15, 0.2) is 8.32 Å². The lowest BCUT2D eigenvalue weighted by molar-refractivity contribution is -0.144. The summed E-state index contributed by atoms with van der Waals surface area (Å²) in [6, 6.07) is 0. The third-order valence-electron chi connectivity index (χ3n) is 6.41. The smallest absolute Gasteiger partial charge is 0.407 e. The van der Waals surface area contributed by atoms with Gasteiger partial charge in [-0.2, -0.15) is 0 Å². The van der Waals surface area contributed by atoms with Gasteiger partial charge in [0.25, 0.3) is 0 Å². The van der Waals surface area contributed by atoms with E-state index in [1.165, 1.54) is 4.90 Å². The molecule has 0 unspecified atom stereocenters.